The molecule has 2 heterocycles. The largest absolute Gasteiger partial charge is 0.504 e. The third kappa shape index (κ3) is 5.05. The fourth-order valence-corrected chi connectivity index (χ4v) is 7.58. The van der Waals surface area contributed by atoms with Crippen molar-refractivity contribution in [1.29, 1.82) is 0 Å². The van der Waals surface area contributed by atoms with E-state index < -0.39 is 5.60 Å². The minimum atomic E-state index is -0.763. The molecule has 6 rings (SSSR count). The summed E-state index contributed by atoms with van der Waals surface area (Å²) in [7, 11) is 1.58. The van der Waals surface area contributed by atoms with E-state index in [1.807, 2.05) is 18.2 Å². The predicted octanol–water partition coefficient (Wildman–Crippen LogP) is 4.42. The van der Waals surface area contributed by atoms with Crippen molar-refractivity contribution in [3.05, 3.63) is 59.7 Å². The van der Waals surface area contributed by atoms with Crippen LogP contribution in [0.4, 0.5) is 0 Å². The lowest BCUT2D eigenvalue weighted by Crippen LogP contribution is -2.65. The van der Waals surface area contributed by atoms with Gasteiger partial charge in [-0.1, -0.05) is 36.4 Å². The highest BCUT2D eigenvalue weighted by Gasteiger charge is 2.54. The van der Waals surface area contributed by atoms with Crippen molar-refractivity contribution in [2.45, 2.75) is 75.5 Å². The summed E-state index contributed by atoms with van der Waals surface area (Å²) in [5, 5.41) is 22.4. The Labute approximate surface area is 226 Å². The Balaban J connectivity index is 1.17. The number of aromatic hydroxyl groups is 1. The van der Waals surface area contributed by atoms with Gasteiger partial charge in [0, 0.05) is 31.1 Å². The zero-order chi connectivity index (χ0) is 26.3. The number of fused-ring (bicyclic) bond motifs is 1. The van der Waals surface area contributed by atoms with Crippen molar-refractivity contribution in [3.63, 3.8) is 0 Å². The number of methoxy groups -OCH3 is 1. The number of carbonyl (C=O) groups is 1. The second-order valence-electron chi connectivity index (χ2n) is 12.3. The number of ether oxygens (including phenoxy) is 1. The lowest BCUT2D eigenvalue weighted by molar-refractivity contribution is -0.157. The molecule has 4 fully saturated rings. The summed E-state index contributed by atoms with van der Waals surface area (Å²) < 4.78 is 5.37. The van der Waals surface area contributed by atoms with Crippen molar-refractivity contribution in [2.24, 2.45) is 17.8 Å². The molecule has 0 bridgehead atoms. The van der Waals surface area contributed by atoms with Crippen LogP contribution in [0, 0.1) is 17.8 Å². The topological polar surface area (TPSA) is 73.2 Å². The van der Waals surface area contributed by atoms with E-state index >= 15 is 0 Å². The molecular formula is C32H42N2O4. The molecule has 1 amide bonds. The molecule has 2 saturated heterocycles. The highest BCUT2D eigenvalue weighted by molar-refractivity contribution is 5.81. The maximum atomic E-state index is 13.4. The summed E-state index contributed by atoms with van der Waals surface area (Å²) >= 11 is 0. The number of hydrogen-bond donors (Lipinski definition) is 2. The fourth-order valence-electron chi connectivity index (χ4n) is 7.58. The number of phenols is 1. The average Bonchev–Trinajstić information content (AvgIpc) is 3.68. The Hall–Kier alpha value is -2.57. The Bertz CT molecular complexity index is 1140. The predicted molar refractivity (Wildman–Crippen MR) is 147 cm³/mol. The van der Waals surface area contributed by atoms with E-state index in [0.717, 1.165) is 76.1 Å². The first-order valence-electron chi connectivity index (χ1n) is 14.6. The van der Waals surface area contributed by atoms with Crippen molar-refractivity contribution in [2.75, 3.05) is 26.7 Å². The van der Waals surface area contributed by atoms with E-state index in [1.54, 1.807) is 13.2 Å². The monoisotopic (exact) mass is 518 g/mol. The standard InChI is InChI=1S/C32H42N2O4/c1-38-29-18-24(9-10-28(29)35)19-30-32(37)14-11-27(20-26(32)13-15-33(30)21-23-7-8-23)34-16-12-25(31(34)36)17-22-5-3-2-4-6-22/h2-6,9-10,18,23,25-27,30,35,37H,7-8,11-17,19-21H2,1H3. The first-order valence-corrected chi connectivity index (χ1v) is 14.6. The maximum absolute atomic E-state index is 13.4. The van der Waals surface area contributed by atoms with Crippen molar-refractivity contribution in [3.8, 4) is 11.5 Å². The van der Waals surface area contributed by atoms with Crippen LogP contribution in [0.15, 0.2) is 48.5 Å². The van der Waals surface area contributed by atoms with Gasteiger partial charge in [-0.2, -0.15) is 0 Å². The van der Waals surface area contributed by atoms with Crippen LogP contribution < -0.4 is 4.74 Å². The van der Waals surface area contributed by atoms with Crippen LogP contribution in [0.25, 0.3) is 0 Å². The molecule has 2 saturated carbocycles. The van der Waals surface area contributed by atoms with Gasteiger partial charge in [-0.15, -0.1) is 0 Å². The number of aliphatic hydroxyl groups is 1. The van der Waals surface area contributed by atoms with Crippen molar-refractivity contribution >= 4 is 5.91 Å². The third-order valence-corrected chi connectivity index (χ3v) is 9.90. The van der Waals surface area contributed by atoms with Gasteiger partial charge in [0.05, 0.1) is 12.7 Å². The fraction of sp³-hybridized carbons (Fsp3) is 0.594. The lowest BCUT2D eigenvalue weighted by Gasteiger charge is -2.56. The number of nitrogens with zero attached hydrogens (tertiary/aromatic N) is 2. The van der Waals surface area contributed by atoms with Crippen molar-refractivity contribution in [1.82, 2.24) is 9.80 Å². The average molecular weight is 519 g/mol. The molecule has 4 aliphatic rings. The number of benzene rings is 2. The minimum Gasteiger partial charge on any atom is -0.504 e. The molecule has 5 unspecified atom stereocenters. The second-order valence-corrected chi connectivity index (χ2v) is 12.3. The molecule has 2 aliphatic carbocycles. The number of phenolic OH excluding ortho intramolecular Hbond substituents is 1. The van der Waals surface area contributed by atoms with E-state index in [-0.39, 0.29) is 29.7 Å². The molecule has 38 heavy (non-hydrogen) atoms. The van der Waals surface area contributed by atoms with Gasteiger partial charge in [0.2, 0.25) is 5.91 Å². The van der Waals surface area contributed by atoms with Gasteiger partial charge in [-0.05, 0) is 99.4 Å². The van der Waals surface area contributed by atoms with E-state index in [9.17, 15) is 15.0 Å². The maximum Gasteiger partial charge on any atom is 0.226 e. The molecule has 2 N–H and O–H groups in total. The molecule has 6 nitrogen and oxygen atoms in total. The molecule has 5 atom stereocenters. The van der Waals surface area contributed by atoms with Crippen LogP contribution in [0.3, 0.4) is 0 Å². The van der Waals surface area contributed by atoms with Gasteiger partial charge in [-0.25, -0.2) is 0 Å². The summed E-state index contributed by atoms with van der Waals surface area (Å²) in [6.45, 7) is 2.90. The Morgan fingerprint density at radius 3 is 2.55 bits per heavy atom. The SMILES string of the molecule is COc1cc(CC2N(CC3CC3)CCC3CC(N4CCC(Cc5ccccc5)C4=O)CCC32O)ccc1O. The zero-order valence-corrected chi connectivity index (χ0v) is 22.6. The van der Waals surface area contributed by atoms with E-state index in [0.29, 0.717) is 11.7 Å². The summed E-state index contributed by atoms with van der Waals surface area (Å²) in [6.07, 6.45) is 8.56. The van der Waals surface area contributed by atoms with Gasteiger partial charge >= 0.3 is 0 Å². The normalized spacial score (nSPS) is 31.8. The van der Waals surface area contributed by atoms with Crippen molar-refractivity contribution < 1.29 is 19.7 Å². The van der Waals surface area contributed by atoms with Gasteiger partial charge in [0.15, 0.2) is 11.5 Å². The molecule has 2 aromatic carbocycles. The smallest absolute Gasteiger partial charge is 0.226 e. The summed E-state index contributed by atoms with van der Waals surface area (Å²) in [4.78, 5) is 18.1. The molecule has 0 spiro atoms. The highest BCUT2D eigenvalue weighted by Crippen LogP contribution is 2.47. The van der Waals surface area contributed by atoms with Crippen LogP contribution in [-0.4, -0.2) is 70.3 Å². The van der Waals surface area contributed by atoms with Crippen LogP contribution in [0.5, 0.6) is 11.5 Å². The minimum absolute atomic E-state index is 0.0390. The molecule has 2 aliphatic heterocycles. The Morgan fingerprint density at radius 1 is 0.974 bits per heavy atom. The highest BCUT2D eigenvalue weighted by atomic mass is 16.5. The molecule has 6 heteroatoms. The Kier molecular flexibility index (Phi) is 7.12. The summed E-state index contributed by atoms with van der Waals surface area (Å²) in [5.41, 5.74) is 1.56. The Morgan fingerprint density at radius 2 is 1.79 bits per heavy atom. The first kappa shape index (κ1) is 25.7. The molecule has 0 radical (unpaired) electrons. The summed E-state index contributed by atoms with van der Waals surface area (Å²) in [5.74, 6) is 1.97. The number of likely N-dealkylation sites (tertiary alicyclic amines) is 2. The zero-order valence-electron chi connectivity index (χ0n) is 22.6. The number of carbonyl (C=O) groups excluding carboxylic acids is 1. The van der Waals surface area contributed by atoms with Gasteiger partial charge in [0.1, 0.15) is 0 Å². The molecule has 0 aromatic heterocycles. The number of amides is 1. The summed E-state index contributed by atoms with van der Waals surface area (Å²) in [6, 6.07) is 16.2. The van der Waals surface area contributed by atoms with E-state index in [4.69, 9.17) is 4.74 Å². The van der Waals surface area contributed by atoms with Gasteiger partial charge in [0.25, 0.3) is 0 Å². The number of rotatable bonds is 8. The first-order chi connectivity index (χ1) is 18.4. The van der Waals surface area contributed by atoms with Crippen LogP contribution in [0.2, 0.25) is 0 Å². The lowest BCUT2D eigenvalue weighted by atomic mass is 9.64. The molecule has 2 aromatic rings. The molecule has 204 valence electrons. The number of hydrogen-bond acceptors (Lipinski definition) is 5. The van der Waals surface area contributed by atoms with Gasteiger partial charge in [-0.3, -0.25) is 9.69 Å². The third-order valence-electron chi connectivity index (χ3n) is 9.90. The number of piperidine rings is 1. The van der Waals surface area contributed by atoms with E-state index in [2.05, 4.69) is 34.1 Å². The quantitative estimate of drug-likeness (QED) is 0.541. The molecular weight excluding hydrogens is 476 g/mol. The van der Waals surface area contributed by atoms with Crippen LogP contribution in [-0.2, 0) is 17.6 Å². The van der Waals surface area contributed by atoms with Crippen LogP contribution in [0.1, 0.15) is 56.1 Å². The second kappa shape index (κ2) is 10.5. The van der Waals surface area contributed by atoms with E-state index in [1.165, 1.54) is 18.4 Å². The van der Waals surface area contributed by atoms with Crippen LogP contribution >= 0.6 is 0 Å². The van der Waals surface area contributed by atoms with Gasteiger partial charge < -0.3 is 19.8 Å².